The highest BCUT2D eigenvalue weighted by Crippen LogP contribution is 2.14. The van der Waals surface area contributed by atoms with Crippen LogP contribution in [0.15, 0.2) is 24.3 Å². The molecule has 0 atom stereocenters. The number of para-hydroxylation sites is 1. The number of anilines is 1. The van der Waals surface area contributed by atoms with Crippen LogP contribution in [-0.4, -0.2) is 24.2 Å². The molecule has 0 aliphatic heterocycles. The summed E-state index contributed by atoms with van der Waals surface area (Å²) in [6.45, 7) is 8.00. The van der Waals surface area contributed by atoms with E-state index in [1.54, 1.807) is 12.1 Å². The number of carboxylic acid groups (broad SMARTS) is 1. The summed E-state index contributed by atoms with van der Waals surface area (Å²) >= 11 is 0. The van der Waals surface area contributed by atoms with Crippen LogP contribution in [0.25, 0.3) is 0 Å². The van der Waals surface area contributed by atoms with Crippen LogP contribution in [0.4, 0.5) is 10.5 Å². The lowest BCUT2D eigenvalue weighted by Crippen LogP contribution is -2.25. The van der Waals surface area contributed by atoms with Crippen molar-refractivity contribution >= 4 is 17.7 Å². The molecule has 1 aromatic carbocycles. The second kappa shape index (κ2) is 11.4. The molecule has 0 radical (unpaired) electrons. The van der Waals surface area contributed by atoms with E-state index >= 15 is 0 Å². The number of nitrogens with one attached hydrogen (secondary N) is 2. The maximum absolute atomic E-state index is 10.9. The number of urea groups is 1. The Labute approximate surface area is 108 Å². The fourth-order valence-corrected chi connectivity index (χ4v) is 0.963. The normalized spacial score (nSPS) is 7.83. The first-order valence-electron chi connectivity index (χ1n) is 5.96. The molecule has 0 unspecified atom stereocenters. The van der Waals surface area contributed by atoms with Crippen molar-refractivity contribution in [2.24, 2.45) is 0 Å². The van der Waals surface area contributed by atoms with E-state index in [0.717, 1.165) is 0 Å². The Morgan fingerprint density at radius 3 is 2.00 bits per heavy atom. The van der Waals surface area contributed by atoms with Gasteiger partial charge in [-0.15, -0.1) is 0 Å². The third kappa shape index (κ3) is 6.52. The van der Waals surface area contributed by atoms with Crippen molar-refractivity contribution in [3.8, 4) is 0 Å². The summed E-state index contributed by atoms with van der Waals surface area (Å²) in [6, 6.07) is 5.75. The van der Waals surface area contributed by atoms with E-state index in [1.807, 2.05) is 27.7 Å². The van der Waals surface area contributed by atoms with E-state index in [-0.39, 0.29) is 11.3 Å². The molecule has 2 amide bonds. The predicted octanol–water partition coefficient (Wildman–Crippen LogP) is 3.19. The van der Waals surface area contributed by atoms with Gasteiger partial charge in [-0.1, -0.05) is 39.8 Å². The summed E-state index contributed by atoms with van der Waals surface area (Å²) in [5, 5.41) is 13.5. The number of carbonyl (C=O) groups is 2. The van der Waals surface area contributed by atoms with Gasteiger partial charge in [0, 0.05) is 7.05 Å². The van der Waals surface area contributed by atoms with Crippen LogP contribution < -0.4 is 10.6 Å². The lowest BCUT2D eigenvalue weighted by Gasteiger charge is -2.06. The lowest BCUT2D eigenvalue weighted by molar-refractivity contribution is 0.0698. The second-order valence-electron chi connectivity index (χ2n) is 2.55. The van der Waals surface area contributed by atoms with Gasteiger partial charge in [0.2, 0.25) is 0 Å². The van der Waals surface area contributed by atoms with Crippen LogP contribution in [0, 0.1) is 0 Å². The second-order valence-corrected chi connectivity index (χ2v) is 2.55. The largest absolute Gasteiger partial charge is 0.478 e. The van der Waals surface area contributed by atoms with E-state index in [9.17, 15) is 9.59 Å². The zero-order valence-electron chi connectivity index (χ0n) is 11.6. The molecule has 0 saturated carbocycles. The molecule has 3 N–H and O–H groups in total. The Morgan fingerprint density at radius 1 is 1.06 bits per heavy atom. The third-order valence-electron chi connectivity index (χ3n) is 1.63. The predicted molar refractivity (Wildman–Crippen MR) is 74.2 cm³/mol. The van der Waals surface area contributed by atoms with Crippen LogP contribution >= 0.6 is 0 Å². The molecule has 1 rings (SSSR count). The number of benzene rings is 1. The number of hydrogen-bond donors (Lipinski definition) is 3. The highest BCUT2D eigenvalue weighted by atomic mass is 16.4. The standard InChI is InChI=1S/C9H10N2O3.2C2H6/c1-10-9(14)11-7-5-3-2-4-6(7)8(12)13;2*1-2/h2-5H,1H3,(H,12,13)(H2,10,11,14);2*1-2H3. The van der Waals surface area contributed by atoms with Crippen molar-refractivity contribution in [3.05, 3.63) is 29.8 Å². The topological polar surface area (TPSA) is 78.4 Å². The van der Waals surface area contributed by atoms with Gasteiger partial charge in [0.05, 0.1) is 11.3 Å². The SMILES string of the molecule is CC.CC.CNC(=O)Nc1ccccc1C(=O)O. The van der Waals surface area contributed by atoms with Crippen molar-refractivity contribution in [3.63, 3.8) is 0 Å². The van der Waals surface area contributed by atoms with Crippen molar-refractivity contribution < 1.29 is 14.7 Å². The number of hydrogen-bond acceptors (Lipinski definition) is 2. The molecule has 5 heteroatoms. The maximum atomic E-state index is 10.9. The van der Waals surface area contributed by atoms with Gasteiger partial charge in [-0.3, -0.25) is 0 Å². The van der Waals surface area contributed by atoms with Crippen LogP contribution in [0.5, 0.6) is 0 Å². The number of carbonyl (C=O) groups excluding carboxylic acids is 1. The smallest absolute Gasteiger partial charge is 0.337 e. The Kier molecular flexibility index (Phi) is 11.7. The van der Waals surface area contributed by atoms with Gasteiger partial charge >= 0.3 is 12.0 Å². The first-order chi connectivity index (χ1) is 8.65. The number of aromatic carboxylic acids is 1. The van der Waals surface area contributed by atoms with Crippen molar-refractivity contribution in [1.82, 2.24) is 5.32 Å². The number of amides is 2. The monoisotopic (exact) mass is 254 g/mol. The van der Waals surface area contributed by atoms with Crippen molar-refractivity contribution in [2.75, 3.05) is 12.4 Å². The van der Waals surface area contributed by atoms with E-state index in [4.69, 9.17) is 5.11 Å². The van der Waals surface area contributed by atoms with Gasteiger partial charge in [-0.25, -0.2) is 9.59 Å². The molecule has 18 heavy (non-hydrogen) atoms. The number of rotatable bonds is 2. The molecule has 0 bridgehead atoms. The molecule has 0 fully saturated rings. The molecule has 0 aromatic heterocycles. The van der Waals surface area contributed by atoms with E-state index in [0.29, 0.717) is 0 Å². The minimum atomic E-state index is -1.07. The van der Waals surface area contributed by atoms with Crippen molar-refractivity contribution in [2.45, 2.75) is 27.7 Å². The summed E-state index contributed by atoms with van der Waals surface area (Å²) in [6.07, 6.45) is 0. The molecule has 1 aromatic rings. The minimum Gasteiger partial charge on any atom is -0.478 e. The third-order valence-corrected chi connectivity index (χ3v) is 1.63. The molecule has 0 aliphatic rings. The molecule has 0 aliphatic carbocycles. The average Bonchev–Trinajstić information content (AvgIpc) is 2.43. The Morgan fingerprint density at radius 2 is 1.56 bits per heavy atom. The van der Waals surface area contributed by atoms with Gasteiger partial charge in [-0.05, 0) is 12.1 Å². The van der Waals surface area contributed by atoms with Gasteiger partial charge in [0.15, 0.2) is 0 Å². The summed E-state index contributed by atoms with van der Waals surface area (Å²) in [5.41, 5.74) is 0.343. The summed E-state index contributed by atoms with van der Waals surface area (Å²) in [5.74, 6) is -1.07. The fourth-order valence-electron chi connectivity index (χ4n) is 0.963. The maximum Gasteiger partial charge on any atom is 0.337 e. The van der Waals surface area contributed by atoms with Gasteiger partial charge in [-0.2, -0.15) is 0 Å². The fraction of sp³-hybridized carbons (Fsp3) is 0.385. The highest BCUT2D eigenvalue weighted by molar-refractivity contribution is 5.99. The molecular weight excluding hydrogens is 232 g/mol. The van der Waals surface area contributed by atoms with Crippen LogP contribution in [0.2, 0.25) is 0 Å². The molecular formula is C13H22N2O3. The Hall–Kier alpha value is -2.04. The average molecular weight is 254 g/mol. The first-order valence-corrected chi connectivity index (χ1v) is 5.96. The van der Waals surface area contributed by atoms with Gasteiger partial charge in [0.1, 0.15) is 0 Å². The molecule has 0 saturated heterocycles. The zero-order chi connectivity index (χ0) is 14.6. The summed E-state index contributed by atoms with van der Waals surface area (Å²) < 4.78 is 0. The zero-order valence-corrected chi connectivity index (χ0v) is 11.6. The first kappa shape index (κ1) is 18.3. The Bertz CT molecular complexity index is 365. The molecule has 0 heterocycles. The van der Waals surface area contributed by atoms with E-state index in [1.165, 1.54) is 19.2 Å². The summed E-state index contributed by atoms with van der Waals surface area (Å²) in [7, 11) is 1.46. The van der Waals surface area contributed by atoms with Crippen LogP contribution in [-0.2, 0) is 0 Å². The van der Waals surface area contributed by atoms with Crippen LogP contribution in [0.1, 0.15) is 38.1 Å². The minimum absolute atomic E-state index is 0.0658. The van der Waals surface area contributed by atoms with Gasteiger partial charge < -0.3 is 15.7 Å². The van der Waals surface area contributed by atoms with E-state index < -0.39 is 12.0 Å². The molecule has 0 spiro atoms. The molecule has 102 valence electrons. The quantitative estimate of drug-likeness (QED) is 0.758. The number of carboxylic acids is 1. The van der Waals surface area contributed by atoms with E-state index in [2.05, 4.69) is 10.6 Å². The lowest BCUT2D eigenvalue weighted by atomic mass is 10.2. The van der Waals surface area contributed by atoms with Gasteiger partial charge in [0.25, 0.3) is 0 Å². The van der Waals surface area contributed by atoms with Crippen LogP contribution in [0.3, 0.4) is 0 Å². The highest BCUT2D eigenvalue weighted by Gasteiger charge is 2.09. The Balaban J connectivity index is 0. The molecule has 5 nitrogen and oxygen atoms in total. The summed E-state index contributed by atoms with van der Waals surface area (Å²) in [4.78, 5) is 21.7. The van der Waals surface area contributed by atoms with Crippen molar-refractivity contribution in [1.29, 1.82) is 0 Å².